The summed E-state index contributed by atoms with van der Waals surface area (Å²) in [5.41, 5.74) is 2.17. The number of aliphatic hydroxyl groups is 1. The van der Waals surface area contributed by atoms with Gasteiger partial charge in [0.05, 0.1) is 19.4 Å². The number of hydrogen-bond acceptors (Lipinski definition) is 5. The van der Waals surface area contributed by atoms with Gasteiger partial charge in [0.15, 0.2) is 0 Å². The Kier molecular flexibility index (Phi) is 4.53. The molecule has 112 valence electrons. The van der Waals surface area contributed by atoms with Crippen LogP contribution in [0.5, 0.6) is 5.75 Å². The highest BCUT2D eigenvalue weighted by Crippen LogP contribution is 2.28. The number of rotatable bonds is 5. The summed E-state index contributed by atoms with van der Waals surface area (Å²) in [4.78, 5) is 7.05. The summed E-state index contributed by atoms with van der Waals surface area (Å²) in [5, 5.41) is 12.5. The first-order valence-corrected chi connectivity index (χ1v) is 8.12. The van der Waals surface area contributed by atoms with Gasteiger partial charge in [-0.15, -0.1) is 11.3 Å². The monoisotopic (exact) mass is 304 g/mol. The largest absolute Gasteiger partial charge is 0.497 e. The zero-order valence-electron chi connectivity index (χ0n) is 12.2. The van der Waals surface area contributed by atoms with E-state index >= 15 is 0 Å². The fourth-order valence-electron chi connectivity index (χ4n) is 2.79. The number of benzene rings is 1. The van der Waals surface area contributed by atoms with Gasteiger partial charge >= 0.3 is 0 Å². The second kappa shape index (κ2) is 6.56. The van der Waals surface area contributed by atoms with Crippen LogP contribution in [-0.4, -0.2) is 41.3 Å². The SMILES string of the molecule is COc1cccc(-c2nc(CN3CCC[C@@H]3CO)cs2)c1. The summed E-state index contributed by atoms with van der Waals surface area (Å²) >= 11 is 1.66. The first-order valence-electron chi connectivity index (χ1n) is 7.24. The highest BCUT2D eigenvalue weighted by atomic mass is 32.1. The van der Waals surface area contributed by atoms with Crippen LogP contribution >= 0.6 is 11.3 Å². The molecule has 1 aromatic heterocycles. The lowest BCUT2D eigenvalue weighted by Crippen LogP contribution is -2.31. The molecule has 1 atom stereocenters. The van der Waals surface area contributed by atoms with Crippen molar-refractivity contribution in [3.63, 3.8) is 0 Å². The normalized spacial score (nSPS) is 19.0. The molecule has 0 aliphatic carbocycles. The summed E-state index contributed by atoms with van der Waals surface area (Å²) in [6, 6.07) is 8.28. The van der Waals surface area contributed by atoms with Gasteiger partial charge in [-0.1, -0.05) is 12.1 Å². The molecule has 2 aromatic rings. The number of nitrogens with zero attached hydrogens (tertiary/aromatic N) is 2. The second-order valence-electron chi connectivity index (χ2n) is 5.33. The first-order chi connectivity index (χ1) is 10.3. The smallest absolute Gasteiger partial charge is 0.123 e. The lowest BCUT2D eigenvalue weighted by Gasteiger charge is -2.21. The molecule has 1 aromatic carbocycles. The minimum atomic E-state index is 0.243. The van der Waals surface area contributed by atoms with Gasteiger partial charge in [0.2, 0.25) is 0 Å². The zero-order valence-corrected chi connectivity index (χ0v) is 13.0. The van der Waals surface area contributed by atoms with Crippen LogP contribution in [0.1, 0.15) is 18.5 Å². The van der Waals surface area contributed by atoms with Gasteiger partial charge in [-0.05, 0) is 31.5 Å². The van der Waals surface area contributed by atoms with Crippen LogP contribution in [0.4, 0.5) is 0 Å². The van der Waals surface area contributed by atoms with Gasteiger partial charge in [-0.25, -0.2) is 4.98 Å². The van der Waals surface area contributed by atoms with Crippen LogP contribution in [-0.2, 0) is 6.54 Å². The number of hydrogen-bond donors (Lipinski definition) is 1. The van der Waals surface area contributed by atoms with E-state index in [1.807, 2.05) is 18.2 Å². The van der Waals surface area contributed by atoms with Crippen molar-refractivity contribution in [2.75, 3.05) is 20.3 Å². The Balaban J connectivity index is 1.73. The van der Waals surface area contributed by atoms with Crippen LogP contribution in [0, 0.1) is 0 Å². The summed E-state index contributed by atoms with van der Waals surface area (Å²) in [5.74, 6) is 0.851. The molecule has 0 spiro atoms. The van der Waals surface area contributed by atoms with E-state index < -0.39 is 0 Å². The summed E-state index contributed by atoms with van der Waals surface area (Å²) in [7, 11) is 1.68. The van der Waals surface area contributed by atoms with Crippen LogP contribution in [0.2, 0.25) is 0 Å². The van der Waals surface area contributed by atoms with Crippen molar-refractivity contribution in [2.24, 2.45) is 0 Å². The van der Waals surface area contributed by atoms with Crippen molar-refractivity contribution in [1.29, 1.82) is 0 Å². The third kappa shape index (κ3) is 3.26. The predicted octanol–water partition coefficient (Wildman–Crippen LogP) is 2.78. The third-order valence-electron chi connectivity index (χ3n) is 3.94. The van der Waals surface area contributed by atoms with E-state index in [1.54, 1.807) is 18.4 Å². The van der Waals surface area contributed by atoms with Gasteiger partial charge in [0.1, 0.15) is 10.8 Å². The highest BCUT2D eigenvalue weighted by molar-refractivity contribution is 7.13. The van der Waals surface area contributed by atoms with Crippen molar-refractivity contribution in [2.45, 2.75) is 25.4 Å². The fraction of sp³-hybridized carbons (Fsp3) is 0.438. The maximum absolute atomic E-state index is 9.38. The minimum absolute atomic E-state index is 0.243. The summed E-state index contributed by atoms with van der Waals surface area (Å²) in [6.07, 6.45) is 2.25. The Bertz CT molecular complexity index is 599. The maximum Gasteiger partial charge on any atom is 0.123 e. The Morgan fingerprint density at radius 2 is 2.38 bits per heavy atom. The number of aliphatic hydroxyl groups excluding tert-OH is 1. The molecule has 1 aliphatic heterocycles. The second-order valence-corrected chi connectivity index (χ2v) is 6.18. The minimum Gasteiger partial charge on any atom is -0.497 e. The molecule has 0 amide bonds. The van der Waals surface area contributed by atoms with E-state index in [-0.39, 0.29) is 6.61 Å². The van der Waals surface area contributed by atoms with Crippen molar-refractivity contribution in [1.82, 2.24) is 9.88 Å². The van der Waals surface area contributed by atoms with Gasteiger partial charge in [0, 0.05) is 23.5 Å². The van der Waals surface area contributed by atoms with Crippen LogP contribution in [0.3, 0.4) is 0 Å². The van der Waals surface area contributed by atoms with E-state index in [9.17, 15) is 5.11 Å². The van der Waals surface area contributed by atoms with Crippen molar-refractivity contribution >= 4 is 11.3 Å². The van der Waals surface area contributed by atoms with E-state index in [2.05, 4.69) is 16.3 Å². The molecule has 0 radical (unpaired) electrons. The maximum atomic E-state index is 9.38. The van der Waals surface area contributed by atoms with Gasteiger partial charge in [-0.3, -0.25) is 4.90 Å². The molecule has 1 saturated heterocycles. The Labute approximate surface area is 129 Å². The number of aromatic nitrogens is 1. The first kappa shape index (κ1) is 14.5. The van der Waals surface area contributed by atoms with Crippen molar-refractivity contribution in [3.8, 4) is 16.3 Å². The average molecular weight is 304 g/mol. The summed E-state index contributed by atoms with van der Waals surface area (Å²) in [6.45, 7) is 2.12. The van der Waals surface area contributed by atoms with Crippen molar-refractivity contribution in [3.05, 3.63) is 35.3 Å². The fourth-order valence-corrected chi connectivity index (χ4v) is 3.59. The molecule has 1 aliphatic rings. The molecule has 1 N–H and O–H groups in total. The van der Waals surface area contributed by atoms with Crippen molar-refractivity contribution < 1.29 is 9.84 Å². The Hall–Kier alpha value is -1.43. The number of methoxy groups -OCH3 is 1. The number of thiazole rings is 1. The lowest BCUT2D eigenvalue weighted by molar-refractivity contribution is 0.152. The van der Waals surface area contributed by atoms with Gasteiger partial charge in [-0.2, -0.15) is 0 Å². The van der Waals surface area contributed by atoms with E-state index in [1.165, 1.54) is 0 Å². The predicted molar refractivity (Wildman–Crippen MR) is 84.6 cm³/mol. The topological polar surface area (TPSA) is 45.6 Å². The van der Waals surface area contributed by atoms with E-state index in [0.29, 0.717) is 6.04 Å². The molecular weight excluding hydrogens is 284 g/mol. The quantitative estimate of drug-likeness (QED) is 0.922. The molecule has 5 heteroatoms. The van der Waals surface area contributed by atoms with Crippen LogP contribution in [0.25, 0.3) is 10.6 Å². The van der Waals surface area contributed by atoms with E-state index in [4.69, 9.17) is 9.72 Å². The number of ether oxygens (including phenoxy) is 1. The molecule has 0 unspecified atom stereocenters. The molecular formula is C16H20N2O2S. The van der Waals surface area contributed by atoms with Crippen LogP contribution in [0.15, 0.2) is 29.6 Å². The standard InChI is InChI=1S/C16H20N2O2S/c1-20-15-6-2-4-12(8-15)16-17-13(11-21-16)9-18-7-3-5-14(18)10-19/h2,4,6,8,11,14,19H,3,5,7,9-10H2,1H3/t14-/m1/s1. The number of likely N-dealkylation sites (tertiary alicyclic amines) is 1. The zero-order chi connectivity index (χ0) is 14.7. The van der Waals surface area contributed by atoms with Gasteiger partial charge in [0.25, 0.3) is 0 Å². The molecule has 21 heavy (non-hydrogen) atoms. The molecule has 0 bridgehead atoms. The molecule has 3 rings (SSSR count). The lowest BCUT2D eigenvalue weighted by atomic mass is 10.2. The summed E-state index contributed by atoms with van der Waals surface area (Å²) < 4.78 is 5.26. The average Bonchev–Trinajstić information content (AvgIpc) is 3.17. The van der Waals surface area contributed by atoms with Crippen LogP contribution < -0.4 is 4.74 Å². The Morgan fingerprint density at radius 3 is 3.19 bits per heavy atom. The molecule has 2 heterocycles. The molecule has 1 fully saturated rings. The highest BCUT2D eigenvalue weighted by Gasteiger charge is 2.24. The van der Waals surface area contributed by atoms with Gasteiger partial charge < -0.3 is 9.84 Å². The molecule has 0 saturated carbocycles. The van der Waals surface area contributed by atoms with E-state index in [0.717, 1.165) is 47.9 Å². The third-order valence-corrected chi connectivity index (χ3v) is 4.88. The molecule has 4 nitrogen and oxygen atoms in total. The Morgan fingerprint density at radius 1 is 1.48 bits per heavy atom.